The number of carbonyl (C=O) groups is 4. The molecule has 0 radical (unpaired) electrons. The van der Waals surface area contributed by atoms with Crippen molar-refractivity contribution >= 4 is 142 Å². The fourth-order valence-corrected chi connectivity index (χ4v) is 20.5. The number of anilines is 2. The number of halogens is 4. The molecule has 11 aromatic rings. The molecule has 4 amide bonds. The summed E-state index contributed by atoms with van der Waals surface area (Å²) in [6, 6.07) is 50.1. The number of ether oxygens (including phenoxy) is 4. The molecular weight excluding hydrogens is 1580 g/mol. The Morgan fingerprint density at radius 2 is 0.453 bits per heavy atom. The summed E-state index contributed by atoms with van der Waals surface area (Å²) >= 11 is 15.0. The zero-order chi connectivity index (χ0) is 76.8. The van der Waals surface area contributed by atoms with E-state index < -0.39 is 23.6 Å². The molecule has 0 aliphatic carbocycles. The quantitative estimate of drug-likeness (QED) is 0.0474. The molecule has 0 N–H and O–H groups in total. The lowest BCUT2D eigenvalue weighted by Gasteiger charge is -2.34. The predicted octanol–water partition coefficient (Wildman–Crippen LogP) is 28.4. The minimum absolute atomic E-state index is 0.0235. The lowest BCUT2D eigenvalue weighted by atomic mass is 9.72. The topological polar surface area (TPSA) is 112 Å². The molecule has 14 heteroatoms. The highest BCUT2D eigenvalue weighted by Gasteiger charge is 2.44. The van der Waals surface area contributed by atoms with Gasteiger partial charge in [-0.15, -0.1) is 0 Å². The number of fused-ring (bicyclic) bond motifs is 2. The summed E-state index contributed by atoms with van der Waals surface area (Å²) in [7, 11) is 0. The van der Waals surface area contributed by atoms with Crippen LogP contribution in [0.2, 0.25) is 0 Å². The van der Waals surface area contributed by atoms with Gasteiger partial charge >= 0.3 is 0 Å². The van der Waals surface area contributed by atoms with E-state index in [1.807, 2.05) is 60.7 Å². The van der Waals surface area contributed by atoms with E-state index in [0.717, 1.165) is 47.9 Å². The zero-order valence-electron chi connectivity index (χ0n) is 64.5. The van der Waals surface area contributed by atoms with E-state index in [0.29, 0.717) is 95.4 Å². The van der Waals surface area contributed by atoms with Crippen LogP contribution in [0, 0.1) is 21.7 Å². The molecule has 0 saturated heterocycles. The van der Waals surface area contributed by atoms with Crippen LogP contribution in [0.25, 0.3) is 43.1 Å². The van der Waals surface area contributed by atoms with Gasteiger partial charge in [-0.05, 0) is 252 Å². The Kier molecular flexibility index (Phi) is 19.5. The first-order chi connectivity index (χ1) is 49.3. The van der Waals surface area contributed by atoms with Crippen LogP contribution in [0.3, 0.4) is 0 Å². The summed E-state index contributed by atoms with van der Waals surface area (Å²) < 4.78 is 32.0. The second kappa shape index (κ2) is 27.1. The normalized spacial score (nSPS) is 14.2. The molecule has 2 heterocycles. The van der Waals surface area contributed by atoms with E-state index in [4.69, 9.17) is 18.9 Å². The number of imide groups is 2. The average molecular weight is 1680 g/mol. The third-order valence-electron chi connectivity index (χ3n) is 20.6. The molecular formula is C92H94Br4N2O8. The third kappa shape index (κ3) is 14.6. The zero-order valence-corrected chi connectivity index (χ0v) is 70.9. The first-order valence-electron chi connectivity index (χ1n) is 36.5. The molecule has 0 atom stereocenters. The van der Waals surface area contributed by atoms with Crippen molar-refractivity contribution in [3.8, 4) is 46.0 Å². The highest BCUT2D eigenvalue weighted by atomic mass is 79.9. The summed E-state index contributed by atoms with van der Waals surface area (Å²) in [5.74, 6) is 0.211. The maximum atomic E-state index is 16.3. The van der Waals surface area contributed by atoms with Crippen molar-refractivity contribution in [2.45, 2.75) is 186 Å². The molecule has 13 rings (SSSR count). The van der Waals surface area contributed by atoms with E-state index >= 15 is 19.2 Å². The Morgan fingerprint density at radius 3 is 0.632 bits per heavy atom. The predicted molar refractivity (Wildman–Crippen MR) is 448 cm³/mol. The molecule has 0 spiro atoms. The van der Waals surface area contributed by atoms with Gasteiger partial charge in [0.25, 0.3) is 23.6 Å². The summed E-state index contributed by atoms with van der Waals surface area (Å²) in [4.78, 5) is 67.8. The van der Waals surface area contributed by atoms with Gasteiger partial charge in [0, 0.05) is 61.0 Å². The van der Waals surface area contributed by atoms with Crippen LogP contribution >= 0.6 is 63.7 Å². The van der Waals surface area contributed by atoms with Crippen LogP contribution in [0.5, 0.6) is 46.0 Å². The van der Waals surface area contributed by atoms with Gasteiger partial charge in [0.2, 0.25) is 0 Å². The Bertz CT molecular complexity index is 4740. The van der Waals surface area contributed by atoms with Crippen LogP contribution in [0.4, 0.5) is 11.4 Å². The maximum absolute atomic E-state index is 16.3. The molecule has 0 saturated carbocycles. The molecule has 2 aliphatic rings. The van der Waals surface area contributed by atoms with E-state index in [1.54, 1.807) is 48.5 Å². The van der Waals surface area contributed by atoms with Crippen molar-refractivity contribution in [1.82, 2.24) is 0 Å². The van der Waals surface area contributed by atoms with Gasteiger partial charge in [-0.3, -0.25) is 19.2 Å². The van der Waals surface area contributed by atoms with Gasteiger partial charge in [0.1, 0.15) is 46.0 Å². The second-order valence-corrected chi connectivity index (χ2v) is 40.1. The standard InChI is InChI=1S/C92H94Br4N2O8/c1-85(2,3)47-89(13,14)51-27-35-55(36-28-51)103-67-43-59-71-60(82(100)97(81(59)99)79-63(93)23-21-24-64(79)94)45-69(105-57-39-31-53(32-40-57)91(17,18)49-87(7,8)9)75-76-70(106-58-41-33-54(34-42-58)92(19,20)50-88(10,11)12)46-62-72-61(83(101)98(84(62)102)80-65(95)25-22-26-66(80)96)44-68(74(78(72)76)73(67)77(71)75)104-56-37-29-52(30-38-56)90(15,16)48-86(4,5)6/h21-46H,47-50H2,1-20H3. The second-order valence-electron chi connectivity index (χ2n) is 36.7. The number of amides is 4. The lowest BCUT2D eigenvalue weighted by Crippen LogP contribution is -2.41. The van der Waals surface area contributed by atoms with Crippen molar-refractivity contribution in [1.29, 1.82) is 0 Å². The maximum Gasteiger partial charge on any atom is 0.266 e. The monoisotopic (exact) mass is 1670 g/mol. The number of rotatable bonds is 18. The third-order valence-corrected chi connectivity index (χ3v) is 23.1. The van der Waals surface area contributed by atoms with E-state index in [1.165, 1.54) is 9.80 Å². The Hall–Kier alpha value is -7.88. The Labute approximate surface area is 658 Å². The molecule has 11 aromatic carbocycles. The Morgan fingerprint density at radius 1 is 0.264 bits per heavy atom. The van der Waals surface area contributed by atoms with Crippen LogP contribution < -0.4 is 28.7 Å². The minimum Gasteiger partial charge on any atom is -0.457 e. The highest BCUT2D eigenvalue weighted by Crippen LogP contribution is 2.60. The first kappa shape index (κ1) is 76.3. The molecule has 0 bridgehead atoms. The number of carbonyl (C=O) groups excluding carboxylic acids is 4. The number of nitrogens with zero attached hydrogens (tertiary/aromatic N) is 2. The number of para-hydroxylation sites is 2. The van der Waals surface area contributed by atoms with Crippen molar-refractivity contribution in [3.05, 3.63) is 220 Å². The summed E-state index contributed by atoms with van der Waals surface area (Å²) in [5.41, 5.74) is 4.88. The van der Waals surface area contributed by atoms with Crippen molar-refractivity contribution in [3.63, 3.8) is 0 Å². The van der Waals surface area contributed by atoms with Crippen molar-refractivity contribution in [2.75, 3.05) is 9.80 Å². The summed E-state index contributed by atoms with van der Waals surface area (Å²) in [6.45, 7) is 45.0. The number of benzene rings is 11. The van der Waals surface area contributed by atoms with Crippen molar-refractivity contribution in [2.24, 2.45) is 21.7 Å². The van der Waals surface area contributed by atoms with Crippen LogP contribution in [-0.4, -0.2) is 23.6 Å². The molecule has 106 heavy (non-hydrogen) atoms. The SMILES string of the molecule is CC(C)(C)CC(C)(C)c1ccc(Oc2cc3c4c(cc(Oc5ccc(C(C)(C)CC(C)(C)C)cc5)c5c6c(Oc7ccc(C(C)(C)CC(C)(C)C)cc7)cc7c8c(cc(Oc9ccc(C(C)(C)CC(C)(C)C)cc9)c(c2c45)c86)C(=O)N(c2c(Br)cccc2Br)C7=O)C(=O)N(c2c(Br)cccc2Br)C3=O)cc1. The van der Waals surface area contributed by atoms with Crippen LogP contribution in [0.1, 0.15) is 228 Å². The van der Waals surface area contributed by atoms with Crippen LogP contribution in [0.15, 0.2) is 176 Å². The number of hydrogen-bond acceptors (Lipinski definition) is 8. The van der Waals surface area contributed by atoms with Gasteiger partial charge in [-0.1, -0.05) is 199 Å². The largest absolute Gasteiger partial charge is 0.457 e. The van der Waals surface area contributed by atoms with E-state index in [-0.39, 0.29) is 88.6 Å². The molecule has 0 unspecified atom stereocenters. The number of hydrogen-bond donors (Lipinski definition) is 0. The molecule has 0 fully saturated rings. The fraction of sp³-hybridized carbons (Fsp3) is 0.348. The van der Waals surface area contributed by atoms with Gasteiger partial charge in [-0.2, -0.15) is 0 Å². The van der Waals surface area contributed by atoms with Gasteiger partial charge < -0.3 is 18.9 Å². The summed E-state index contributed by atoms with van der Waals surface area (Å²) in [6.07, 6.45) is 3.62. The van der Waals surface area contributed by atoms with Crippen molar-refractivity contribution < 1.29 is 38.1 Å². The van der Waals surface area contributed by atoms with E-state index in [9.17, 15) is 0 Å². The van der Waals surface area contributed by atoms with E-state index in [2.05, 4.69) is 251 Å². The van der Waals surface area contributed by atoms with Crippen LogP contribution in [-0.2, 0) is 21.7 Å². The smallest absolute Gasteiger partial charge is 0.266 e. The first-order valence-corrected chi connectivity index (χ1v) is 39.6. The molecule has 548 valence electrons. The Balaban J connectivity index is 1.21. The minimum atomic E-state index is -0.615. The lowest BCUT2D eigenvalue weighted by molar-refractivity contribution is 0.0877. The highest BCUT2D eigenvalue weighted by molar-refractivity contribution is 9.11. The molecule has 0 aromatic heterocycles. The average Bonchev–Trinajstić information content (AvgIpc) is 0.670. The van der Waals surface area contributed by atoms with Gasteiger partial charge in [-0.25, -0.2) is 9.80 Å². The summed E-state index contributed by atoms with van der Waals surface area (Å²) in [5, 5.41) is 3.11. The molecule has 10 nitrogen and oxygen atoms in total. The molecule has 2 aliphatic heterocycles. The van der Waals surface area contributed by atoms with Gasteiger partial charge in [0.05, 0.1) is 33.6 Å². The van der Waals surface area contributed by atoms with Gasteiger partial charge in [0.15, 0.2) is 0 Å². The fourth-order valence-electron chi connectivity index (χ4n) is 17.8.